The lowest BCUT2D eigenvalue weighted by Crippen LogP contribution is -2.44. The zero-order valence-electron chi connectivity index (χ0n) is 13.5. The van der Waals surface area contributed by atoms with E-state index in [1.165, 1.54) is 11.1 Å². The number of anilines is 1. The molecule has 0 bridgehead atoms. The normalized spacial score (nSPS) is 13.2. The molecule has 0 radical (unpaired) electrons. The molecule has 0 unspecified atom stereocenters. The number of hydrogen-bond donors (Lipinski definition) is 2. The Kier molecular flexibility index (Phi) is 7.04. The molecule has 24 heavy (non-hydrogen) atoms. The van der Waals surface area contributed by atoms with Crippen LogP contribution in [-0.4, -0.2) is 32.0 Å². The van der Waals surface area contributed by atoms with E-state index in [9.17, 15) is 4.79 Å². The first-order chi connectivity index (χ1) is 11.3. The Morgan fingerprint density at radius 3 is 2.88 bits per heavy atom. The van der Waals surface area contributed by atoms with Crippen LogP contribution >= 0.6 is 35.3 Å². The summed E-state index contributed by atoms with van der Waals surface area (Å²) in [5, 5.41) is 10.4. The van der Waals surface area contributed by atoms with Crippen LogP contribution in [0.15, 0.2) is 46.1 Å². The van der Waals surface area contributed by atoms with E-state index < -0.39 is 0 Å². The minimum atomic E-state index is 0. The lowest BCUT2D eigenvalue weighted by Gasteiger charge is -2.18. The predicted octanol–water partition coefficient (Wildman–Crippen LogP) is 2.62. The van der Waals surface area contributed by atoms with E-state index >= 15 is 0 Å². The fraction of sp³-hybridized carbons (Fsp3) is 0.294. The van der Waals surface area contributed by atoms with E-state index in [4.69, 9.17) is 0 Å². The first kappa shape index (κ1) is 18.7. The molecule has 0 saturated heterocycles. The smallest absolute Gasteiger partial charge is 0.246 e. The van der Waals surface area contributed by atoms with Gasteiger partial charge in [-0.1, -0.05) is 18.2 Å². The van der Waals surface area contributed by atoms with Crippen LogP contribution in [0.25, 0.3) is 0 Å². The number of nitrogens with zero attached hydrogens (tertiary/aromatic N) is 2. The highest BCUT2D eigenvalue weighted by atomic mass is 127. The van der Waals surface area contributed by atoms with E-state index in [1.807, 2.05) is 28.5 Å². The van der Waals surface area contributed by atoms with Gasteiger partial charge >= 0.3 is 0 Å². The highest BCUT2D eigenvalue weighted by molar-refractivity contribution is 14.0. The van der Waals surface area contributed by atoms with Crippen molar-refractivity contribution in [3.63, 3.8) is 0 Å². The van der Waals surface area contributed by atoms with Crippen LogP contribution in [-0.2, 0) is 17.8 Å². The number of hydrogen-bond acceptors (Lipinski definition) is 3. The molecule has 1 aliphatic heterocycles. The van der Waals surface area contributed by atoms with Crippen molar-refractivity contribution in [1.29, 1.82) is 0 Å². The van der Waals surface area contributed by atoms with Crippen molar-refractivity contribution in [2.24, 2.45) is 4.99 Å². The van der Waals surface area contributed by atoms with Gasteiger partial charge in [0.25, 0.3) is 0 Å². The Labute approximate surface area is 163 Å². The molecule has 2 N–H and O–H groups in total. The van der Waals surface area contributed by atoms with Gasteiger partial charge in [0, 0.05) is 25.8 Å². The Balaban J connectivity index is 0.00000208. The molecule has 7 heteroatoms. The van der Waals surface area contributed by atoms with Gasteiger partial charge in [0.1, 0.15) is 0 Å². The predicted molar refractivity (Wildman–Crippen MR) is 110 cm³/mol. The molecule has 0 fully saturated rings. The van der Waals surface area contributed by atoms with Crippen LogP contribution in [0.3, 0.4) is 0 Å². The number of nitrogens with one attached hydrogen (secondary N) is 2. The van der Waals surface area contributed by atoms with E-state index in [-0.39, 0.29) is 36.4 Å². The van der Waals surface area contributed by atoms with Gasteiger partial charge in [-0.05, 0) is 40.4 Å². The van der Waals surface area contributed by atoms with Gasteiger partial charge in [0.15, 0.2) is 5.96 Å². The third-order valence-electron chi connectivity index (χ3n) is 3.86. The van der Waals surface area contributed by atoms with Crippen molar-refractivity contribution >= 4 is 52.9 Å². The molecule has 128 valence electrons. The van der Waals surface area contributed by atoms with Gasteiger partial charge < -0.3 is 15.5 Å². The van der Waals surface area contributed by atoms with Gasteiger partial charge in [0.2, 0.25) is 5.91 Å². The molecule has 0 saturated carbocycles. The monoisotopic (exact) mass is 456 g/mol. The fourth-order valence-corrected chi connectivity index (χ4v) is 3.32. The van der Waals surface area contributed by atoms with Gasteiger partial charge in [-0.3, -0.25) is 9.79 Å². The molecule has 1 aromatic heterocycles. The van der Waals surface area contributed by atoms with Crippen LogP contribution in [0.4, 0.5) is 5.69 Å². The number of thiophene rings is 1. The van der Waals surface area contributed by atoms with Crippen molar-refractivity contribution in [1.82, 2.24) is 10.6 Å². The standard InChI is InChI=1S/C17H20N4OS.HI/c1-18-17(19-10-13-7-9-23-12-13)20-11-16(22)21-8-6-14-4-2-3-5-15(14)21;/h2-5,7,9,12H,6,8,10-11H2,1H3,(H2,18,19,20);1H. The molecule has 0 spiro atoms. The number of guanidine groups is 1. The van der Waals surface area contributed by atoms with Crippen LogP contribution < -0.4 is 15.5 Å². The molecule has 1 amide bonds. The Hall–Kier alpha value is -1.61. The summed E-state index contributed by atoms with van der Waals surface area (Å²) in [7, 11) is 1.71. The largest absolute Gasteiger partial charge is 0.352 e. The van der Waals surface area contributed by atoms with E-state index in [2.05, 4.69) is 33.1 Å². The number of para-hydroxylation sites is 1. The van der Waals surface area contributed by atoms with Crippen molar-refractivity contribution in [3.8, 4) is 0 Å². The SMILES string of the molecule is CN=C(NCC(=O)N1CCc2ccccc21)NCc1ccsc1.I. The van der Waals surface area contributed by atoms with Crippen molar-refractivity contribution in [2.45, 2.75) is 13.0 Å². The fourth-order valence-electron chi connectivity index (χ4n) is 2.65. The molecule has 0 atom stereocenters. The molecule has 3 rings (SSSR count). The molecule has 1 aromatic carbocycles. The van der Waals surface area contributed by atoms with Gasteiger partial charge in [0.05, 0.1) is 6.54 Å². The third kappa shape index (κ3) is 4.47. The summed E-state index contributed by atoms with van der Waals surface area (Å²) in [5.74, 6) is 0.700. The molecule has 5 nitrogen and oxygen atoms in total. The summed E-state index contributed by atoms with van der Waals surface area (Å²) < 4.78 is 0. The highest BCUT2D eigenvalue weighted by Crippen LogP contribution is 2.27. The zero-order valence-corrected chi connectivity index (χ0v) is 16.6. The average molecular weight is 456 g/mol. The van der Waals surface area contributed by atoms with Crippen LogP contribution in [0.2, 0.25) is 0 Å². The van der Waals surface area contributed by atoms with E-state index in [1.54, 1.807) is 18.4 Å². The van der Waals surface area contributed by atoms with Crippen LogP contribution in [0, 0.1) is 0 Å². The Bertz CT molecular complexity index is 702. The zero-order chi connectivity index (χ0) is 16.1. The number of rotatable bonds is 4. The summed E-state index contributed by atoms with van der Waals surface area (Å²) in [4.78, 5) is 18.4. The topological polar surface area (TPSA) is 56.7 Å². The van der Waals surface area contributed by atoms with Gasteiger partial charge in [-0.15, -0.1) is 24.0 Å². The minimum absolute atomic E-state index is 0. The third-order valence-corrected chi connectivity index (χ3v) is 4.59. The second-order valence-corrected chi connectivity index (χ2v) is 6.12. The number of fused-ring (bicyclic) bond motifs is 1. The molecule has 1 aliphatic rings. The summed E-state index contributed by atoms with van der Waals surface area (Å²) in [6.45, 7) is 1.68. The van der Waals surface area contributed by atoms with Crippen LogP contribution in [0.1, 0.15) is 11.1 Å². The summed E-state index contributed by atoms with van der Waals surface area (Å²) in [6, 6.07) is 10.1. The lowest BCUT2D eigenvalue weighted by atomic mass is 10.2. The summed E-state index contributed by atoms with van der Waals surface area (Å²) in [5.41, 5.74) is 3.47. The molecule has 0 aliphatic carbocycles. The first-order valence-electron chi connectivity index (χ1n) is 7.62. The van der Waals surface area contributed by atoms with Gasteiger partial charge in [-0.2, -0.15) is 11.3 Å². The maximum atomic E-state index is 12.4. The number of benzene rings is 1. The highest BCUT2D eigenvalue weighted by Gasteiger charge is 2.23. The quantitative estimate of drug-likeness (QED) is 0.423. The number of halogens is 1. The van der Waals surface area contributed by atoms with E-state index in [0.29, 0.717) is 12.5 Å². The van der Waals surface area contributed by atoms with Gasteiger partial charge in [-0.25, -0.2) is 0 Å². The second kappa shape index (κ2) is 9.03. The minimum Gasteiger partial charge on any atom is -0.352 e. The number of carbonyl (C=O) groups is 1. The molecule has 2 aromatic rings. The summed E-state index contributed by atoms with van der Waals surface area (Å²) >= 11 is 1.67. The molecular weight excluding hydrogens is 435 g/mol. The average Bonchev–Trinajstić information content (AvgIpc) is 3.24. The van der Waals surface area contributed by atoms with Crippen molar-refractivity contribution in [2.75, 3.05) is 25.0 Å². The Morgan fingerprint density at radius 1 is 1.29 bits per heavy atom. The molecular formula is C17H21IN4OS. The first-order valence-corrected chi connectivity index (χ1v) is 8.56. The van der Waals surface area contributed by atoms with Crippen molar-refractivity contribution in [3.05, 3.63) is 52.2 Å². The second-order valence-electron chi connectivity index (χ2n) is 5.34. The van der Waals surface area contributed by atoms with Crippen molar-refractivity contribution < 1.29 is 4.79 Å². The number of carbonyl (C=O) groups excluding carboxylic acids is 1. The van der Waals surface area contributed by atoms with E-state index in [0.717, 1.165) is 18.7 Å². The Morgan fingerprint density at radius 2 is 2.12 bits per heavy atom. The number of amides is 1. The van der Waals surface area contributed by atoms with Crippen LogP contribution in [0.5, 0.6) is 0 Å². The maximum absolute atomic E-state index is 12.4. The number of aliphatic imine (C=N–C) groups is 1. The molecule has 2 heterocycles. The maximum Gasteiger partial charge on any atom is 0.246 e. The lowest BCUT2D eigenvalue weighted by molar-refractivity contribution is -0.117. The summed E-state index contributed by atoms with van der Waals surface area (Å²) in [6.07, 6.45) is 0.924.